The molecule has 0 radical (unpaired) electrons. The van der Waals surface area contributed by atoms with E-state index in [1.54, 1.807) is 25.3 Å². The molecule has 0 unspecified atom stereocenters. The summed E-state index contributed by atoms with van der Waals surface area (Å²) in [4.78, 5) is 37.4. The Morgan fingerprint density at radius 1 is 1.12 bits per heavy atom. The molecule has 0 spiro atoms. The van der Waals surface area contributed by atoms with E-state index in [2.05, 4.69) is 21.2 Å². The lowest BCUT2D eigenvalue weighted by Crippen LogP contribution is -2.20. The predicted octanol–water partition coefficient (Wildman–Crippen LogP) is 4.72. The molecule has 32 heavy (non-hydrogen) atoms. The third-order valence-corrected chi connectivity index (χ3v) is 6.52. The van der Waals surface area contributed by atoms with Crippen LogP contribution >= 0.6 is 27.5 Å². The van der Waals surface area contributed by atoms with Crippen molar-refractivity contribution in [2.75, 3.05) is 26.9 Å². The van der Waals surface area contributed by atoms with E-state index in [0.29, 0.717) is 70.0 Å². The second kappa shape index (κ2) is 9.54. The van der Waals surface area contributed by atoms with E-state index in [9.17, 15) is 14.4 Å². The molecule has 9 heteroatoms. The summed E-state index contributed by atoms with van der Waals surface area (Å²) in [6, 6.07) is 8.95. The number of hydrogen-bond donors (Lipinski definition) is 1. The number of aryl methyl sites for hydroxylation is 1. The monoisotopic (exact) mass is 520 g/mol. The van der Waals surface area contributed by atoms with Crippen molar-refractivity contribution in [1.82, 2.24) is 9.88 Å². The first-order valence-corrected chi connectivity index (χ1v) is 11.2. The molecule has 0 aliphatic carbocycles. The Morgan fingerprint density at radius 2 is 1.88 bits per heavy atom. The van der Waals surface area contributed by atoms with Crippen LogP contribution in [0.25, 0.3) is 22.0 Å². The van der Waals surface area contributed by atoms with Gasteiger partial charge in [0.1, 0.15) is 0 Å². The number of aromatic nitrogens is 1. The maximum atomic E-state index is 12.8. The quantitative estimate of drug-likeness (QED) is 0.250. The van der Waals surface area contributed by atoms with E-state index in [1.807, 2.05) is 16.7 Å². The molecule has 0 atom stereocenters. The minimum absolute atomic E-state index is 0. The Kier molecular flexibility index (Phi) is 6.76. The lowest BCUT2D eigenvalue weighted by atomic mass is 9.94. The number of aldehydes is 1. The van der Waals surface area contributed by atoms with Crippen molar-refractivity contribution in [1.29, 1.82) is 0 Å². The number of carbonyl (C=O) groups excluding carboxylic acids is 3. The van der Waals surface area contributed by atoms with Crippen LogP contribution in [0.5, 0.6) is 0 Å². The van der Waals surface area contributed by atoms with Crippen molar-refractivity contribution in [3.8, 4) is 11.1 Å². The number of nitrogens with one attached hydrogen (secondary N) is 1. The molecule has 168 valence electrons. The molecule has 1 aromatic heterocycles. The van der Waals surface area contributed by atoms with Crippen LogP contribution in [0.15, 0.2) is 34.8 Å². The molecule has 0 fully saturated rings. The van der Waals surface area contributed by atoms with Gasteiger partial charge in [-0.1, -0.05) is 29.8 Å². The number of nitrogens with zero attached hydrogens (tertiary/aromatic N) is 1. The van der Waals surface area contributed by atoms with Gasteiger partial charge in [0.05, 0.1) is 40.0 Å². The number of hydrogen-bond acceptors (Lipinski definition) is 5. The van der Waals surface area contributed by atoms with E-state index in [1.165, 1.54) is 0 Å². The fourth-order valence-electron chi connectivity index (χ4n) is 3.99. The van der Waals surface area contributed by atoms with E-state index in [0.717, 1.165) is 6.29 Å². The van der Waals surface area contributed by atoms with Gasteiger partial charge in [0, 0.05) is 37.7 Å². The Hall–Kier alpha value is -2.52. The number of benzene rings is 2. The first-order chi connectivity index (χ1) is 15.5. The zero-order chi connectivity index (χ0) is 22.8. The first-order valence-electron chi connectivity index (χ1n) is 10.0. The van der Waals surface area contributed by atoms with Gasteiger partial charge in [0.15, 0.2) is 6.29 Å². The summed E-state index contributed by atoms with van der Waals surface area (Å²) in [7, 11) is 1.61. The van der Waals surface area contributed by atoms with Gasteiger partial charge >= 0.3 is 0 Å². The average molecular weight is 522 g/mol. The van der Waals surface area contributed by atoms with E-state index < -0.39 is 11.8 Å². The minimum atomic E-state index is -0.498. The van der Waals surface area contributed by atoms with Gasteiger partial charge in [-0.25, -0.2) is 0 Å². The Labute approximate surface area is 199 Å². The molecule has 0 saturated heterocycles. The highest BCUT2D eigenvalue weighted by Gasteiger charge is 2.35. The fraction of sp³-hybridized carbons (Fsp3) is 0.261. The van der Waals surface area contributed by atoms with Crippen molar-refractivity contribution in [3.05, 3.63) is 56.6 Å². The summed E-state index contributed by atoms with van der Waals surface area (Å²) in [5.74, 6) is -0.984. The molecule has 0 saturated carbocycles. The predicted molar refractivity (Wildman–Crippen MR) is 127 cm³/mol. The standard InChI is InChI=1S/C23H20BrClN2O5.H2/c1-31-9-10-32-8-4-7-27-16-11-14(13-5-2-3-6-15(13)25)18-20(23(30)26-22(18)29)19(16)21(24)17(27)12-28;/h2-3,5-6,11-12H,4,7-10H2,1H3,(H,26,29,30);1H. The summed E-state index contributed by atoms with van der Waals surface area (Å²) in [5, 5.41) is 3.37. The molecule has 1 N–H and O–H groups in total. The normalized spacial score (nSPS) is 13.0. The molecule has 2 amide bonds. The SMILES string of the molecule is COCCOCCCn1c(C=O)c(Br)c2c3c(c(-c4ccccc4Cl)cc21)C(=O)NC3=O.[HH]. The zero-order valence-corrected chi connectivity index (χ0v) is 19.6. The van der Waals surface area contributed by atoms with Crippen molar-refractivity contribution in [3.63, 3.8) is 0 Å². The molecule has 1 aliphatic rings. The van der Waals surface area contributed by atoms with Crippen molar-refractivity contribution in [2.45, 2.75) is 13.0 Å². The lowest BCUT2D eigenvalue weighted by Gasteiger charge is -2.12. The van der Waals surface area contributed by atoms with Gasteiger partial charge in [0.25, 0.3) is 11.8 Å². The van der Waals surface area contributed by atoms with Crippen molar-refractivity contribution < 1.29 is 25.3 Å². The summed E-state index contributed by atoms with van der Waals surface area (Å²) in [6.45, 7) is 1.97. The van der Waals surface area contributed by atoms with Crippen molar-refractivity contribution >= 4 is 56.5 Å². The summed E-state index contributed by atoms with van der Waals surface area (Å²) < 4.78 is 12.8. The van der Waals surface area contributed by atoms with Crippen LogP contribution in [-0.2, 0) is 16.0 Å². The first kappa shape index (κ1) is 22.7. The van der Waals surface area contributed by atoms with Crippen LogP contribution < -0.4 is 5.32 Å². The highest BCUT2D eigenvalue weighted by atomic mass is 79.9. The summed E-state index contributed by atoms with van der Waals surface area (Å²) >= 11 is 9.91. The molecule has 4 rings (SSSR count). The molecule has 3 aromatic rings. The average Bonchev–Trinajstić information content (AvgIpc) is 3.23. The molecular weight excluding hydrogens is 500 g/mol. The Morgan fingerprint density at radius 3 is 2.59 bits per heavy atom. The van der Waals surface area contributed by atoms with Gasteiger partial charge in [-0.3, -0.25) is 19.7 Å². The molecule has 2 aromatic carbocycles. The fourth-order valence-corrected chi connectivity index (χ4v) is 4.93. The van der Waals surface area contributed by atoms with Crippen LogP contribution in [0.3, 0.4) is 0 Å². The second-order valence-corrected chi connectivity index (χ2v) is 8.46. The number of ether oxygens (including phenoxy) is 2. The Balaban J connectivity index is 0.00000306. The van der Waals surface area contributed by atoms with Gasteiger partial charge in [-0.05, 0) is 40.0 Å². The maximum absolute atomic E-state index is 12.8. The van der Waals surface area contributed by atoms with E-state index in [-0.39, 0.29) is 12.6 Å². The largest absolute Gasteiger partial charge is 0.382 e. The topological polar surface area (TPSA) is 86.6 Å². The highest BCUT2D eigenvalue weighted by molar-refractivity contribution is 9.10. The number of fused-ring (bicyclic) bond motifs is 3. The number of imide groups is 1. The number of amides is 2. The summed E-state index contributed by atoms with van der Waals surface area (Å²) in [5.41, 5.74) is 2.73. The van der Waals surface area contributed by atoms with Gasteiger partial charge in [-0.15, -0.1) is 0 Å². The minimum Gasteiger partial charge on any atom is -0.382 e. The molecule has 0 bridgehead atoms. The highest BCUT2D eigenvalue weighted by Crippen LogP contribution is 2.42. The molecule has 7 nitrogen and oxygen atoms in total. The summed E-state index contributed by atoms with van der Waals surface area (Å²) in [6.07, 6.45) is 1.39. The molecule has 2 heterocycles. The van der Waals surface area contributed by atoms with Gasteiger partial charge < -0.3 is 14.0 Å². The van der Waals surface area contributed by atoms with Crippen LogP contribution in [0.1, 0.15) is 39.1 Å². The molecule has 1 aliphatic heterocycles. The number of carbonyl (C=O) groups is 3. The number of halogens is 2. The molecular formula is C23H22BrClN2O5. The number of methoxy groups -OCH3 is 1. The van der Waals surface area contributed by atoms with Crippen LogP contribution in [0.2, 0.25) is 5.02 Å². The lowest BCUT2D eigenvalue weighted by molar-refractivity contribution is 0.0680. The third kappa shape index (κ3) is 3.88. The second-order valence-electron chi connectivity index (χ2n) is 7.26. The van der Waals surface area contributed by atoms with Crippen LogP contribution in [0, 0.1) is 0 Å². The smallest absolute Gasteiger partial charge is 0.259 e. The third-order valence-electron chi connectivity index (χ3n) is 5.39. The van der Waals surface area contributed by atoms with Gasteiger partial charge in [-0.2, -0.15) is 0 Å². The van der Waals surface area contributed by atoms with Crippen molar-refractivity contribution in [2.24, 2.45) is 0 Å². The van der Waals surface area contributed by atoms with E-state index >= 15 is 0 Å². The van der Waals surface area contributed by atoms with E-state index in [4.69, 9.17) is 21.1 Å². The number of rotatable bonds is 9. The van der Waals surface area contributed by atoms with Crippen LogP contribution in [0.4, 0.5) is 0 Å². The van der Waals surface area contributed by atoms with Gasteiger partial charge in [0.2, 0.25) is 0 Å². The maximum Gasteiger partial charge on any atom is 0.259 e. The Bertz CT molecular complexity index is 1240. The zero-order valence-electron chi connectivity index (χ0n) is 17.2. The van der Waals surface area contributed by atoms with Crippen LogP contribution in [-0.4, -0.2) is 49.6 Å².